The summed E-state index contributed by atoms with van der Waals surface area (Å²) in [5, 5.41) is 3.37. The molecule has 1 N–H and O–H groups in total. The van der Waals surface area contributed by atoms with Crippen LogP contribution in [-0.2, 0) is 4.74 Å². The van der Waals surface area contributed by atoms with Gasteiger partial charge in [0.1, 0.15) is 0 Å². The normalized spacial score (nSPS) is 13.9. The van der Waals surface area contributed by atoms with Crippen LogP contribution in [-0.4, -0.2) is 26.8 Å². The lowest BCUT2D eigenvalue weighted by atomic mass is 10.2. The molecular weight excluding hydrogens is 150 g/mol. The van der Waals surface area contributed by atoms with E-state index in [1.807, 2.05) is 6.92 Å². The molecule has 12 heavy (non-hydrogen) atoms. The maximum atomic E-state index is 5.03. The topological polar surface area (TPSA) is 21.3 Å². The Kier molecular flexibility index (Phi) is 8.51. The van der Waals surface area contributed by atoms with E-state index in [-0.39, 0.29) is 0 Å². The third-order valence-corrected chi connectivity index (χ3v) is 1.67. The summed E-state index contributed by atoms with van der Waals surface area (Å²) in [4.78, 5) is 0. The Bertz CT molecular complexity index is 112. The van der Waals surface area contributed by atoms with Crippen LogP contribution in [0, 0.1) is 5.92 Å². The molecule has 0 heterocycles. The molecule has 2 heteroatoms. The first-order valence-corrected chi connectivity index (χ1v) is 4.62. The van der Waals surface area contributed by atoms with Gasteiger partial charge in [-0.2, -0.15) is 0 Å². The van der Waals surface area contributed by atoms with Crippen molar-refractivity contribution in [2.75, 3.05) is 26.8 Å². The maximum absolute atomic E-state index is 5.03. The van der Waals surface area contributed by atoms with E-state index in [1.165, 1.54) is 0 Å². The van der Waals surface area contributed by atoms with Gasteiger partial charge >= 0.3 is 0 Å². The number of hydrogen-bond donors (Lipinski definition) is 1. The predicted octanol–water partition coefficient (Wildman–Crippen LogP) is 1.82. The number of nitrogens with one attached hydrogen (secondary N) is 1. The first-order chi connectivity index (χ1) is 5.81. The van der Waals surface area contributed by atoms with Gasteiger partial charge in [0.15, 0.2) is 0 Å². The van der Waals surface area contributed by atoms with Crippen LogP contribution >= 0.6 is 0 Å². The summed E-state index contributed by atoms with van der Waals surface area (Å²) >= 11 is 0. The molecule has 0 aliphatic heterocycles. The van der Waals surface area contributed by atoms with Gasteiger partial charge in [0.05, 0.1) is 0 Å². The van der Waals surface area contributed by atoms with E-state index in [9.17, 15) is 0 Å². The van der Waals surface area contributed by atoms with Crippen molar-refractivity contribution in [2.45, 2.75) is 20.3 Å². The van der Waals surface area contributed by atoms with Gasteiger partial charge in [-0.25, -0.2) is 0 Å². The Hall–Kier alpha value is -0.340. The lowest BCUT2D eigenvalue weighted by molar-refractivity contribution is 0.158. The third kappa shape index (κ3) is 7.76. The van der Waals surface area contributed by atoms with E-state index in [4.69, 9.17) is 4.74 Å². The van der Waals surface area contributed by atoms with E-state index in [0.29, 0.717) is 5.92 Å². The Balaban J connectivity index is 3.08. The molecule has 0 bridgehead atoms. The standard InChI is InChI=1S/C10H21NO/c1-4-5-6-7-11-8-10(2)9-12-3/h4-5,10-11H,6-9H2,1-3H3/b5-4+. The molecule has 1 atom stereocenters. The van der Waals surface area contributed by atoms with E-state index >= 15 is 0 Å². The summed E-state index contributed by atoms with van der Waals surface area (Å²) in [7, 11) is 1.75. The van der Waals surface area contributed by atoms with E-state index in [0.717, 1.165) is 26.1 Å². The lowest BCUT2D eigenvalue weighted by Gasteiger charge is -2.10. The first-order valence-electron chi connectivity index (χ1n) is 4.62. The molecule has 72 valence electrons. The van der Waals surface area contributed by atoms with Gasteiger partial charge in [-0.15, -0.1) is 0 Å². The second-order valence-electron chi connectivity index (χ2n) is 3.12. The molecule has 0 aromatic carbocycles. The third-order valence-electron chi connectivity index (χ3n) is 1.67. The molecule has 0 aromatic heterocycles. The number of ether oxygens (including phenoxy) is 1. The molecule has 0 saturated carbocycles. The lowest BCUT2D eigenvalue weighted by Crippen LogP contribution is -2.24. The highest BCUT2D eigenvalue weighted by Crippen LogP contribution is 1.91. The summed E-state index contributed by atoms with van der Waals surface area (Å²) < 4.78 is 5.03. The smallest absolute Gasteiger partial charge is 0.0499 e. The van der Waals surface area contributed by atoms with Crippen molar-refractivity contribution < 1.29 is 4.74 Å². The van der Waals surface area contributed by atoms with Gasteiger partial charge in [0.2, 0.25) is 0 Å². The average molecular weight is 171 g/mol. The molecule has 0 saturated heterocycles. The number of methoxy groups -OCH3 is 1. The van der Waals surface area contributed by atoms with Gasteiger partial charge in [0, 0.05) is 13.7 Å². The average Bonchev–Trinajstić information content (AvgIpc) is 2.05. The Morgan fingerprint density at radius 2 is 2.25 bits per heavy atom. The minimum atomic E-state index is 0.612. The number of allylic oxidation sites excluding steroid dienone is 1. The van der Waals surface area contributed by atoms with Crippen molar-refractivity contribution in [1.82, 2.24) is 5.32 Å². The van der Waals surface area contributed by atoms with Crippen LogP contribution in [0.1, 0.15) is 20.3 Å². The van der Waals surface area contributed by atoms with Crippen LogP contribution in [0.4, 0.5) is 0 Å². The highest BCUT2D eigenvalue weighted by atomic mass is 16.5. The second kappa shape index (κ2) is 8.75. The summed E-state index contributed by atoms with van der Waals surface area (Å²) in [6.45, 7) is 7.19. The zero-order valence-electron chi connectivity index (χ0n) is 8.47. The van der Waals surface area contributed by atoms with E-state index in [1.54, 1.807) is 7.11 Å². The molecule has 0 aliphatic carbocycles. The van der Waals surface area contributed by atoms with Gasteiger partial charge < -0.3 is 10.1 Å². The van der Waals surface area contributed by atoms with Gasteiger partial charge in [-0.3, -0.25) is 0 Å². The largest absolute Gasteiger partial charge is 0.384 e. The second-order valence-corrected chi connectivity index (χ2v) is 3.12. The van der Waals surface area contributed by atoms with E-state index < -0.39 is 0 Å². The minimum Gasteiger partial charge on any atom is -0.384 e. The Labute approximate surface area is 76.0 Å². The molecule has 0 amide bonds. The van der Waals surface area contributed by atoms with Crippen molar-refractivity contribution in [1.29, 1.82) is 0 Å². The van der Waals surface area contributed by atoms with Crippen LogP contribution in [0.3, 0.4) is 0 Å². The summed E-state index contributed by atoms with van der Waals surface area (Å²) in [6, 6.07) is 0. The number of rotatable bonds is 7. The first kappa shape index (κ1) is 11.7. The highest BCUT2D eigenvalue weighted by molar-refractivity contribution is 4.77. The van der Waals surface area contributed by atoms with Crippen molar-refractivity contribution in [3.8, 4) is 0 Å². The van der Waals surface area contributed by atoms with Crippen LogP contribution < -0.4 is 5.32 Å². The molecule has 0 fully saturated rings. The predicted molar refractivity (Wildman–Crippen MR) is 53.3 cm³/mol. The zero-order valence-corrected chi connectivity index (χ0v) is 8.47. The molecule has 0 rings (SSSR count). The number of hydrogen-bond acceptors (Lipinski definition) is 2. The summed E-state index contributed by atoms with van der Waals surface area (Å²) in [6.07, 6.45) is 5.38. The van der Waals surface area contributed by atoms with Crippen LogP contribution in [0.2, 0.25) is 0 Å². The maximum Gasteiger partial charge on any atom is 0.0499 e. The fraction of sp³-hybridized carbons (Fsp3) is 0.800. The van der Waals surface area contributed by atoms with Crippen LogP contribution in [0.15, 0.2) is 12.2 Å². The van der Waals surface area contributed by atoms with Gasteiger partial charge in [-0.1, -0.05) is 19.1 Å². The van der Waals surface area contributed by atoms with Gasteiger partial charge in [0.25, 0.3) is 0 Å². The van der Waals surface area contributed by atoms with Gasteiger partial charge in [-0.05, 0) is 32.4 Å². The van der Waals surface area contributed by atoms with Crippen LogP contribution in [0.25, 0.3) is 0 Å². The fourth-order valence-electron chi connectivity index (χ4n) is 1.04. The molecular formula is C10H21NO. The highest BCUT2D eigenvalue weighted by Gasteiger charge is 1.98. The van der Waals surface area contributed by atoms with Crippen molar-refractivity contribution in [3.63, 3.8) is 0 Å². The monoisotopic (exact) mass is 171 g/mol. The molecule has 0 aliphatic rings. The SMILES string of the molecule is C/C=C/CCNCC(C)COC. The fourth-order valence-corrected chi connectivity index (χ4v) is 1.04. The molecule has 0 aromatic rings. The van der Waals surface area contributed by atoms with Crippen molar-refractivity contribution >= 4 is 0 Å². The zero-order chi connectivity index (χ0) is 9.23. The molecule has 0 radical (unpaired) electrons. The van der Waals surface area contributed by atoms with E-state index in [2.05, 4.69) is 24.4 Å². The Morgan fingerprint density at radius 1 is 1.50 bits per heavy atom. The molecule has 2 nitrogen and oxygen atoms in total. The molecule has 1 unspecified atom stereocenters. The quantitative estimate of drug-likeness (QED) is 0.466. The minimum absolute atomic E-state index is 0.612. The summed E-state index contributed by atoms with van der Waals surface area (Å²) in [5.41, 5.74) is 0. The van der Waals surface area contributed by atoms with Crippen molar-refractivity contribution in [2.24, 2.45) is 5.92 Å². The molecule has 0 spiro atoms. The summed E-state index contributed by atoms with van der Waals surface area (Å²) in [5.74, 6) is 0.612. The van der Waals surface area contributed by atoms with Crippen molar-refractivity contribution in [3.05, 3.63) is 12.2 Å². The Morgan fingerprint density at radius 3 is 2.83 bits per heavy atom. The van der Waals surface area contributed by atoms with Crippen LogP contribution in [0.5, 0.6) is 0 Å².